The number of nitrogens with zero attached hydrogens (tertiary/aromatic N) is 2. The van der Waals surface area contributed by atoms with Gasteiger partial charge in [0, 0.05) is 16.5 Å². The number of rotatable bonds is 5. The fraction of sp³-hybridized carbons (Fsp3) is 0.0556. The molecular formula is C18H13Cl3N6O3. The summed E-state index contributed by atoms with van der Waals surface area (Å²) in [6.07, 6.45) is -0.300. The zero-order valence-electron chi connectivity index (χ0n) is 15.0. The van der Waals surface area contributed by atoms with E-state index in [-0.39, 0.29) is 28.5 Å². The second kappa shape index (κ2) is 9.12. The molecule has 1 aromatic heterocycles. The summed E-state index contributed by atoms with van der Waals surface area (Å²) in [5.41, 5.74) is 7.36. The Kier molecular flexibility index (Phi) is 6.56. The number of urea groups is 1. The molecule has 2 aromatic carbocycles. The van der Waals surface area contributed by atoms with E-state index in [1.54, 1.807) is 18.2 Å². The van der Waals surface area contributed by atoms with E-state index >= 15 is 0 Å². The largest absolute Gasteiger partial charge is 0.350 e. The summed E-state index contributed by atoms with van der Waals surface area (Å²) in [5, 5.41) is 7.24. The van der Waals surface area contributed by atoms with E-state index in [1.165, 1.54) is 18.2 Å². The Labute approximate surface area is 184 Å². The molecule has 9 nitrogen and oxygen atoms in total. The van der Waals surface area contributed by atoms with Crippen LogP contribution in [-0.4, -0.2) is 27.6 Å². The minimum absolute atomic E-state index is 0.00723. The van der Waals surface area contributed by atoms with Crippen LogP contribution in [0.4, 0.5) is 10.5 Å². The van der Waals surface area contributed by atoms with E-state index in [1.807, 2.05) is 5.43 Å². The molecule has 3 amide bonds. The van der Waals surface area contributed by atoms with Crippen molar-refractivity contribution in [2.75, 3.05) is 5.32 Å². The molecule has 12 heteroatoms. The molecule has 0 atom stereocenters. The molecule has 0 bridgehead atoms. The summed E-state index contributed by atoms with van der Waals surface area (Å²) in [6, 6.07) is 8.25. The summed E-state index contributed by atoms with van der Waals surface area (Å²) >= 11 is 17.8. The van der Waals surface area contributed by atoms with E-state index in [9.17, 15) is 14.4 Å². The average Bonchev–Trinajstić information content (AvgIpc) is 2.67. The minimum atomic E-state index is -0.986. The first kappa shape index (κ1) is 21.6. The van der Waals surface area contributed by atoms with Crippen molar-refractivity contribution in [3.63, 3.8) is 0 Å². The molecule has 0 radical (unpaired) electrons. The number of nitrogens with two attached hydrogens (primary N) is 1. The number of anilines is 1. The third kappa shape index (κ3) is 5.26. The number of carbonyl (C=O) groups is 2. The molecule has 0 saturated heterocycles. The predicted molar refractivity (Wildman–Crippen MR) is 116 cm³/mol. The summed E-state index contributed by atoms with van der Waals surface area (Å²) in [7, 11) is 0. The monoisotopic (exact) mass is 466 g/mol. The number of hydrazone groups is 1. The maximum Gasteiger partial charge on any atom is 0.332 e. The molecule has 0 spiro atoms. The van der Waals surface area contributed by atoms with Crippen LogP contribution in [0.5, 0.6) is 0 Å². The highest BCUT2D eigenvalue weighted by Gasteiger charge is 2.18. The van der Waals surface area contributed by atoms with E-state index in [0.717, 1.165) is 0 Å². The normalized spacial score (nSPS) is 11.4. The van der Waals surface area contributed by atoms with Crippen molar-refractivity contribution in [1.82, 2.24) is 15.4 Å². The van der Waals surface area contributed by atoms with Crippen LogP contribution in [0.3, 0.4) is 0 Å². The number of aromatic nitrogens is 2. The number of benzene rings is 2. The van der Waals surface area contributed by atoms with Crippen molar-refractivity contribution in [1.29, 1.82) is 0 Å². The SMILES string of the molecule is NC(=O)N/N=C(/Cc1nc2ccc(Cl)cc2[nH]c1=O)C(=O)Nc1ccc(Cl)cc1Cl. The molecule has 1 heterocycles. The Morgan fingerprint density at radius 3 is 2.50 bits per heavy atom. The molecule has 5 N–H and O–H groups in total. The first-order valence-electron chi connectivity index (χ1n) is 8.30. The summed E-state index contributed by atoms with van der Waals surface area (Å²) < 4.78 is 0. The standard InChI is InChI=1S/C18H13Cl3N6O3/c19-8-1-3-11(10(21)5-8)24-17(29)15(26-27-18(22)30)7-14-16(28)25-13-6-9(20)2-4-12(13)23-14/h1-6H,7H2,(H,24,29)(H,25,28)(H3,22,27,30)/b26-15-. The maximum atomic E-state index is 12.7. The first-order chi connectivity index (χ1) is 14.2. The second-order valence-electron chi connectivity index (χ2n) is 5.96. The first-order valence-corrected chi connectivity index (χ1v) is 9.43. The van der Waals surface area contributed by atoms with Gasteiger partial charge in [-0.1, -0.05) is 34.8 Å². The summed E-state index contributed by atoms with van der Waals surface area (Å²) in [4.78, 5) is 43.0. The van der Waals surface area contributed by atoms with Gasteiger partial charge >= 0.3 is 6.03 Å². The Hall–Kier alpha value is -3.14. The molecule has 0 aliphatic carbocycles. The number of fused-ring (bicyclic) bond motifs is 1. The van der Waals surface area contributed by atoms with Gasteiger partial charge in [0.25, 0.3) is 11.5 Å². The number of amides is 3. The van der Waals surface area contributed by atoms with Gasteiger partial charge in [-0.25, -0.2) is 15.2 Å². The molecule has 30 heavy (non-hydrogen) atoms. The van der Waals surface area contributed by atoms with Crippen LogP contribution in [0, 0.1) is 0 Å². The number of primary amides is 1. The van der Waals surface area contributed by atoms with Crippen molar-refractivity contribution < 1.29 is 9.59 Å². The van der Waals surface area contributed by atoms with E-state index in [0.29, 0.717) is 21.1 Å². The summed E-state index contributed by atoms with van der Waals surface area (Å²) in [5.74, 6) is -0.731. The molecule has 3 rings (SSSR count). The van der Waals surface area contributed by atoms with Crippen LogP contribution in [0.15, 0.2) is 46.3 Å². The van der Waals surface area contributed by atoms with Gasteiger partial charge in [0.15, 0.2) is 0 Å². The Morgan fingerprint density at radius 2 is 1.80 bits per heavy atom. The number of carbonyl (C=O) groups excluding carboxylic acids is 2. The number of aromatic amines is 1. The van der Waals surface area contributed by atoms with Crippen LogP contribution in [0.1, 0.15) is 5.69 Å². The lowest BCUT2D eigenvalue weighted by Crippen LogP contribution is -2.33. The molecule has 0 saturated carbocycles. The topological polar surface area (TPSA) is 142 Å². The molecule has 0 aliphatic rings. The van der Waals surface area contributed by atoms with Crippen LogP contribution in [0.25, 0.3) is 11.0 Å². The van der Waals surface area contributed by atoms with Gasteiger partial charge in [-0.3, -0.25) is 9.59 Å². The Bertz CT molecular complexity index is 1240. The van der Waals surface area contributed by atoms with Gasteiger partial charge < -0.3 is 16.0 Å². The fourth-order valence-corrected chi connectivity index (χ4v) is 3.08. The average molecular weight is 468 g/mol. The zero-order chi connectivity index (χ0) is 21.8. The predicted octanol–water partition coefficient (Wildman–Crippen LogP) is 3.09. The lowest BCUT2D eigenvalue weighted by atomic mass is 10.2. The minimum Gasteiger partial charge on any atom is -0.350 e. The van der Waals surface area contributed by atoms with Gasteiger partial charge in [0.1, 0.15) is 11.4 Å². The molecular weight excluding hydrogens is 455 g/mol. The lowest BCUT2D eigenvalue weighted by molar-refractivity contribution is -0.110. The van der Waals surface area contributed by atoms with Crippen molar-refractivity contribution in [2.24, 2.45) is 10.8 Å². The van der Waals surface area contributed by atoms with Crippen LogP contribution < -0.4 is 22.0 Å². The van der Waals surface area contributed by atoms with Crippen molar-refractivity contribution in [2.45, 2.75) is 6.42 Å². The van der Waals surface area contributed by atoms with Crippen LogP contribution in [0.2, 0.25) is 15.1 Å². The Morgan fingerprint density at radius 1 is 1.10 bits per heavy atom. The van der Waals surface area contributed by atoms with Gasteiger partial charge in [0.2, 0.25) is 0 Å². The molecule has 0 fully saturated rings. The smallest absolute Gasteiger partial charge is 0.332 e. The van der Waals surface area contributed by atoms with E-state index in [2.05, 4.69) is 20.4 Å². The van der Waals surface area contributed by atoms with Gasteiger partial charge in [0.05, 0.1) is 21.7 Å². The van der Waals surface area contributed by atoms with Crippen LogP contribution >= 0.6 is 34.8 Å². The molecule has 0 unspecified atom stereocenters. The van der Waals surface area contributed by atoms with E-state index < -0.39 is 17.5 Å². The number of nitrogens with one attached hydrogen (secondary N) is 3. The van der Waals surface area contributed by atoms with Crippen molar-refractivity contribution >= 4 is 69.2 Å². The number of hydrogen-bond donors (Lipinski definition) is 4. The lowest BCUT2D eigenvalue weighted by Gasteiger charge is -2.10. The van der Waals surface area contributed by atoms with Gasteiger partial charge in [-0.05, 0) is 36.4 Å². The quantitative estimate of drug-likeness (QED) is 0.338. The number of hydrogen-bond acceptors (Lipinski definition) is 5. The third-order valence-electron chi connectivity index (χ3n) is 3.80. The second-order valence-corrected chi connectivity index (χ2v) is 7.24. The van der Waals surface area contributed by atoms with Gasteiger partial charge in [-0.2, -0.15) is 5.10 Å². The van der Waals surface area contributed by atoms with E-state index in [4.69, 9.17) is 40.5 Å². The van der Waals surface area contributed by atoms with Crippen molar-refractivity contribution in [3.8, 4) is 0 Å². The highest BCUT2D eigenvalue weighted by Crippen LogP contribution is 2.25. The third-order valence-corrected chi connectivity index (χ3v) is 4.58. The molecule has 0 aliphatic heterocycles. The van der Waals surface area contributed by atoms with Gasteiger partial charge in [-0.15, -0.1) is 0 Å². The molecule has 3 aromatic rings. The fourth-order valence-electron chi connectivity index (χ4n) is 2.45. The highest BCUT2D eigenvalue weighted by atomic mass is 35.5. The summed E-state index contributed by atoms with van der Waals surface area (Å²) in [6.45, 7) is 0. The maximum absolute atomic E-state index is 12.7. The Balaban J connectivity index is 1.93. The number of H-pyrrole nitrogens is 1. The highest BCUT2D eigenvalue weighted by molar-refractivity contribution is 6.45. The zero-order valence-corrected chi connectivity index (χ0v) is 17.3. The van der Waals surface area contributed by atoms with Crippen molar-refractivity contribution in [3.05, 3.63) is 67.5 Å². The number of halogens is 3. The molecule has 154 valence electrons. The van der Waals surface area contributed by atoms with Crippen LogP contribution in [-0.2, 0) is 11.2 Å².